The molecule has 106 valence electrons. The molecule has 20 heavy (non-hydrogen) atoms. The summed E-state index contributed by atoms with van der Waals surface area (Å²) in [6.07, 6.45) is -0.351. The number of aliphatic hydroxyl groups excluding tert-OH is 1. The molecule has 0 aliphatic rings. The summed E-state index contributed by atoms with van der Waals surface area (Å²) < 4.78 is 18.6. The minimum absolute atomic E-state index is 0.333. The number of hydrogen-bond acceptors (Lipinski definition) is 2. The molecule has 0 aliphatic carbocycles. The lowest BCUT2D eigenvalue weighted by molar-refractivity contribution is 0.176. The second kappa shape index (κ2) is 6.06. The molecule has 2 aromatic carbocycles. The normalized spacial score (nSPS) is 12.2. The Morgan fingerprint density at radius 3 is 2.60 bits per heavy atom. The van der Waals surface area contributed by atoms with Crippen LogP contribution in [0, 0.1) is 19.7 Å². The first kappa shape index (κ1) is 14.5. The molecule has 2 rings (SSSR count). The summed E-state index contributed by atoms with van der Waals surface area (Å²) in [6.45, 7) is 3.86. The van der Waals surface area contributed by atoms with Gasteiger partial charge < -0.3 is 9.84 Å². The first-order valence-corrected chi connectivity index (χ1v) is 6.59. The maximum Gasteiger partial charge on any atom is 0.123 e. The summed E-state index contributed by atoms with van der Waals surface area (Å²) >= 11 is 0. The first-order valence-electron chi connectivity index (χ1n) is 6.59. The third-order valence-corrected chi connectivity index (χ3v) is 3.45. The van der Waals surface area contributed by atoms with E-state index in [-0.39, 0.29) is 5.82 Å². The molecule has 1 atom stereocenters. The van der Waals surface area contributed by atoms with Gasteiger partial charge in [-0.3, -0.25) is 0 Å². The van der Waals surface area contributed by atoms with Crippen LogP contribution in [-0.4, -0.2) is 12.2 Å². The lowest BCUT2D eigenvalue weighted by Crippen LogP contribution is -2.06. The third kappa shape index (κ3) is 3.17. The van der Waals surface area contributed by atoms with Crippen molar-refractivity contribution in [2.45, 2.75) is 26.4 Å². The van der Waals surface area contributed by atoms with Gasteiger partial charge in [-0.2, -0.15) is 0 Å². The van der Waals surface area contributed by atoms with Crippen LogP contribution in [0.4, 0.5) is 4.39 Å². The Morgan fingerprint density at radius 2 is 1.90 bits per heavy atom. The van der Waals surface area contributed by atoms with E-state index in [1.807, 2.05) is 32.0 Å². The van der Waals surface area contributed by atoms with E-state index in [2.05, 4.69) is 0 Å². The average Bonchev–Trinajstić information content (AvgIpc) is 2.41. The van der Waals surface area contributed by atoms with Crippen molar-refractivity contribution < 1.29 is 14.2 Å². The highest BCUT2D eigenvalue weighted by Gasteiger charge is 2.15. The van der Waals surface area contributed by atoms with Gasteiger partial charge in [-0.25, -0.2) is 4.39 Å². The number of halogens is 1. The predicted molar refractivity (Wildman–Crippen MR) is 77.5 cm³/mol. The number of aliphatic hydroxyl groups is 1. The van der Waals surface area contributed by atoms with E-state index in [0.717, 1.165) is 22.4 Å². The van der Waals surface area contributed by atoms with Crippen molar-refractivity contribution in [3.63, 3.8) is 0 Å². The molecule has 0 radical (unpaired) electrons. The molecule has 0 amide bonds. The van der Waals surface area contributed by atoms with Gasteiger partial charge in [0.05, 0.1) is 13.2 Å². The average molecular weight is 274 g/mol. The number of methoxy groups -OCH3 is 1. The maximum absolute atomic E-state index is 13.3. The number of ether oxygens (including phenoxy) is 1. The van der Waals surface area contributed by atoms with Crippen molar-refractivity contribution in [1.29, 1.82) is 0 Å². The molecule has 0 aromatic heterocycles. The van der Waals surface area contributed by atoms with E-state index in [0.29, 0.717) is 12.0 Å². The Morgan fingerprint density at radius 1 is 1.15 bits per heavy atom. The molecule has 0 saturated carbocycles. The van der Waals surface area contributed by atoms with Crippen LogP contribution in [-0.2, 0) is 6.42 Å². The molecular formula is C17H19FO2. The zero-order valence-electron chi connectivity index (χ0n) is 12.0. The van der Waals surface area contributed by atoms with Crippen LogP contribution in [0.15, 0.2) is 36.4 Å². The topological polar surface area (TPSA) is 29.5 Å². The molecule has 2 aromatic rings. The lowest BCUT2D eigenvalue weighted by atomic mass is 9.96. The van der Waals surface area contributed by atoms with Crippen LogP contribution >= 0.6 is 0 Å². The Kier molecular flexibility index (Phi) is 4.40. The summed E-state index contributed by atoms with van der Waals surface area (Å²) in [5.74, 6) is 0.407. The van der Waals surface area contributed by atoms with Gasteiger partial charge in [-0.1, -0.05) is 23.8 Å². The summed E-state index contributed by atoms with van der Waals surface area (Å²) in [5.41, 5.74) is 3.52. The van der Waals surface area contributed by atoms with Gasteiger partial charge in [-0.05, 0) is 48.7 Å². The Labute approximate surface area is 118 Å². The largest absolute Gasteiger partial charge is 0.496 e. The van der Waals surface area contributed by atoms with E-state index in [4.69, 9.17) is 4.74 Å². The quantitative estimate of drug-likeness (QED) is 0.920. The SMILES string of the molecule is COc1ccc(C)cc1CC(O)c1cc(F)ccc1C. The molecule has 0 spiro atoms. The fraction of sp³-hybridized carbons (Fsp3) is 0.294. The van der Waals surface area contributed by atoms with Crippen molar-refractivity contribution >= 4 is 0 Å². The second-order valence-electron chi connectivity index (χ2n) is 5.04. The second-order valence-corrected chi connectivity index (χ2v) is 5.04. The Hall–Kier alpha value is -1.87. The molecular weight excluding hydrogens is 255 g/mol. The molecule has 0 aliphatic heterocycles. The summed E-state index contributed by atoms with van der Waals surface area (Å²) in [4.78, 5) is 0. The van der Waals surface area contributed by atoms with Crippen LogP contribution in [0.25, 0.3) is 0 Å². The fourth-order valence-electron chi connectivity index (χ4n) is 2.36. The fourth-order valence-corrected chi connectivity index (χ4v) is 2.36. The molecule has 3 heteroatoms. The van der Waals surface area contributed by atoms with Crippen molar-refractivity contribution in [2.75, 3.05) is 7.11 Å². The minimum atomic E-state index is -0.749. The number of aryl methyl sites for hydroxylation is 2. The lowest BCUT2D eigenvalue weighted by Gasteiger charge is -2.16. The van der Waals surface area contributed by atoms with Crippen molar-refractivity contribution in [3.8, 4) is 5.75 Å². The monoisotopic (exact) mass is 274 g/mol. The molecule has 0 fully saturated rings. The maximum atomic E-state index is 13.3. The summed E-state index contributed by atoms with van der Waals surface area (Å²) in [7, 11) is 1.61. The minimum Gasteiger partial charge on any atom is -0.496 e. The Balaban J connectivity index is 2.29. The van der Waals surface area contributed by atoms with E-state index in [1.165, 1.54) is 12.1 Å². The molecule has 1 unspecified atom stereocenters. The molecule has 0 bridgehead atoms. The van der Waals surface area contributed by atoms with Crippen molar-refractivity contribution in [1.82, 2.24) is 0 Å². The van der Waals surface area contributed by atoms with Gasteiger partial charge in [0.25, 0.3) is 0 Å². The van der Waals surface area contributed by atoms with Gasteiger partial charge >= 0.3 is 0 Å². The number of rotatable bonds is 4. The van der Waals surface area contributed by atoms with Crippen LogP contribution in [0.3, 0.4) is 0 Å². The van der Waals surface area contributed by atoms with Crippen LogP contribution in [0.1, 0.15) is 28.4 Å². The van der Waals surface area contributed by atoms with Crippen LogP contribution < -0.4 is 4.74 Å². The highest BCUT2D eigenvalue weighted by Crippen LogP contribution is 2.27. The van der Waals surface area contributed by atoms with Gasteiger partial charge in [0.1, 0.15) is 11.6 Å². The van der Waals surface area contributed by atoms with E-state index in [9.17, 15) is 9.50 Å². The number of hydrogen-bond donors (Lipinski definition) is 1. The van der Waals surface area contributed by atoms with Crippen molar-refractivity contribution in [3.05, 3.63) is 64.5 Å². The van der Waals surface area contributed by atoms with Gasteiger partial charge in [0.2, 0.25) is 0 Å². The van der Waals surface area contributed by atoms with Crippen LogP contribution in [0.5, 0.6) is 5.75 Å². The molecule has 1 N–H and O–H groups in total. The van der Waals surface area contributed by atoms with E-state index < -0.39 is 6.10 Å². The van der Waals surface area contributed by atoms with Gasteiger partial charge in [-0.15, -0.1) is 0 Å². The van der Waals surface area contributed by atoms with E-state index in [1.54, 1.807) is 13.2 Å². The molecule has 2 nitrogen and oxygen atoms in total. The third-order valence-electron chi connectivity index (χ3n) is 3.45. The van der Waals surface area contributed by atoms with E-state index >= 15 is 0 Å². The highest BCUT2D eigenvalue weighted by molar-refractivity contribution is 5.39. The zero-order chi connectivity index (χ0) is 14.7. The summed E-state index contributed by atoms with van der Waals surface area (Å²) in [5, 5.41) is 10.4. The first-order chi connectivity index (χ1) is 9.51. The molecule has 0 saturated heterocycles. The smallest absolute Gasteiger partial charge is 0.123 e. The van der Waals surface area contributed by atoms with Crippen molar-refractivity contribution in [2.24, 2.45) is 0 Å². The van der Waals surface area contributed by atoms with Gasteiger partial charge in [0.15, 0.2) is 0 Å². The highest BCUT2D eigenvalue weighted by atomic mass is 19.1. The summed E-state index contributed by atoms with van der Waals surface area (Å²) in [6, 6.07) is 10.3. The van der Waals surface area contributed by atoms with Crippen LogP contribution in [0.2, 0.25) is 0 Å². The van der Waals surface area contributed by atoms with Gasteiger partial charge in [0, 0.05) is 6.42 Å². The predicted octanol–water partition coefficient (Wildman–Crippen LogP) is 3.73. The number of benzene rings is 2. The standard InChI is InChI=1S/C17H19FO2/c1-11-4-7-17(20-3)13(8-11)9-16(19)15-10-14(18)6-5-12(15)2/h4-8,10,16,19H,9H2,1-3H3. The zero-order valence-corrected chi connectivity index (χ0v) is 12.0. The molecule has 0 heterocycles. The Bertz CT molecular complexity index is 608.